The van der Waals surface area contributed by atoms with Crippen molar-refractivity contribution in [2.75, 3.05) is 39.3 Å². The lowest BCUT2D eigenvalue weighted by Crippen LogP contribution is -2.52. The summed E-state index contributed by atoms with van der Waals surface area (Å²) in [4.78, 5) is 29.1. The van der Waals surface area contributed by atoms with Crippen molar-refractivity contribution >= 4 is 27.5 Å². The fourth-order valence-corrected chi connectivity index (χ4v) is 6.91. The maximum atomic E-state index is 14.4. The van der Waals surface area contributed by atoms with Crippen LogP contribution in [-0.2, 0) is 26.2 Å². The Hall–Kier alpha value is -4.45. The molecular weight excluding hydrogens is 610 g/mol. The summed E-state index contributed by atoms with van der Waals surface area (Å²) in [5.74, 6) is 0.232. The van der Waals surface area contributed by atoms with Gasteiger partial charge in [-0.1, -0.05) is 42.7 Å². The first-order valence-corrected chi connectivity index (χ1v) is 16.6. The second-order valence-electron chi connectivity index (χ2n) is 11.2. The first-order chi connectivity index (χ1) is 22.0. The van der Waals surface area contributed by atoms with E-state index in [2.05, 4.69) is 5.32 Å². The van der Waals surface area contributed by atoms with Crippen LogP contribution in [0, 0.1) is 6.92 Å². The molecule has 0 aliphatic heterocycles. The molecule has 0 spiro atoms. The van der Waals surface area contributed by atoms with Gasteiger partial charge in [0.05, 0.1) is 39.0 Å². The van der Waals surface area contributed by atoms with Gasteiger partial charge in [-0.2, -0.15) is 0 Å². The molecule has 3 aromatic rings. The standard InChI is InChI=1S/C34H43N3O8S/c1-23-11-13-25(14-12-23)21-36(24(2)34(39)35-26-9-7-8-10-26)33(38)22-37(29-19-27(42-3)15-17-30(29)43-4)46(40,41)28-16-18-31(44-5)32(20-28)45-6/h11-20,24,26H,7-10,21-22H2,1-6H3,(H,35,39)/t24-/m1/s1. The summed E-state index contributed by atoms with van der Waals surface area (Å²) in [6, 6.07) is 15.7. The zero-order valence-electron chi connectivity index (χ0n) is 27.2. The summed E-state index contributed by atoms with van der Waals surface area (Å²) in [5, 5.41) is 3.08. The Kier molecular flexibility index (Phi) is 11.4. The van der Waals surface area contributed by atoms with Crippen molar-refractivity contribution in [3.8, 4) is 23.0 Å². The number of hydrogen-bond donors (Lipinski definition) is 1. The maximum absolute atomic E-state index is 14.4. The lowest BCUT2D eigenvalue weighted by Gasteiger charge is -2.33. The Morgan fingerprint density at radius 1 is 0.848 bits per heavy atom. The van der Waals surface area contributed by atoms with Crippen molar-refractivity contribution in [2.24, 2.45) is 0 Å². The zero-order valence-corrected chi connectivity index (χ0v) is 28.1. The summed E-state index contributed by atoms with van der Waals surface area (Å²) in [5.41, 5.74) is 1.93. The van der Waals surface area contributed by atoms with E-state index in [1.54, 1.807) is 19.1 Å². The van der Waals surface area contributed by atoms with Crippen LogP contribution >= 0.6 is 0 Å². The summed E-state index contributed by atoms with van der Waals surface area (Å²) in [6.07, 6.45) is 3.85. The number of rotatable bonds is 14. The number of hydrogen-bond acceptors (Lipinski definition) is 8. The summed E-state index contributed by atoms with van der Waals surface area (Å²) in [6.45, 7) is 3.09. The number of anilines is 1. The minimum Gasteiger partial charge on any atom is -0.497 e. The molecule has 1 saturated carbocycles. The van der Waals surface area contributed by atoms with E-state index in [4.69, 9.17) is 18.9 Å². The van der Waals surface area contributed by atoms with Gasteiger partial charge in [-0.15, -0.1) is 0 Å². The second-order valence-corrected chi connectivity index (χ2v) is 13.1. The highest BCUT2D eigenvalue weighted by molar-refractivity contribution is 7.92. The number of aryl methyl sites for hydroxylation is 1. The van der Waals surface area contributed by atoms with Gasteiger partial charge in [-0.25, -0.2) is 8.42 Å². The van der Waals surface area contributed by atoms with Crippen molar-refractivity contribution in [3.63, 3.8) is 0 Å². The van der Waals surface area contributed by atoms with Gasteiger partial charge in [0.15, 0.2) is 11.5 Å². The predicted octanol–water partition coefficient (Wildman–Crippen LogP) is 4.70. The second kappa shape index (κ2) is 15.2. The van der Waals surface area contributed by atoms with Crippen molar-refractivity contribution < 1.29 is 37.0 Å². The zero-order chi connectivity index (χ0) is 33.4. The van der Waals surface area contributed by atoms with Gasteiger partial charge in [0.2, 0.25) is 11.8 Å². The molecule has 0 unspecified atom stereocenters. The van der Waals surface area contributed by atoms with Crippen LogP contribution in [0.2, 0.25) is 0 Å². The smallest absolute Gasteiger partial charge is 0.265 e. The van der Waals surface area contributed by atoms with E-state index < -0.39 is 28.5 Å². The number of benzene rings is 3. The molecule has 0 radical (unpaired) electrons. The van der Waals surface area contributed by atoms with Crippen LogP contribution in [0.4, 0.5) is 5.69 Å². The Labute approximate surface area is 271 Å². The first kappa shape index (κ1) is 34.4. The summed E-state index contributed by atoms with van der Waals surface area (Å²) in [7, 11) is 1.29. The maximum Gasteiger partial charge on any atom is 0.265 e. The molecule has 3 aromatic carbocycles. The van der Waals surface area contributed by atoms with Crippen LogP contribution in [0.1, 0.15) is 43.7 Å². The van der Waals surface area contributed by atoms with E-state index in [0.717, 1.165) is 41.1 Å². The lowest BCUT2D eigenvalue weighted by molar-refractivity contribution is -0.139. The molecular formula is C34H43N3O8S. The highest BCUT2D eigenvalue weighted by atomic mass is 32.2. The van der Waals surface area contributed by atoms with Gasteiger partial charge in [0, 0.05) is 24.7 Å². The average molecular weight is 654 g/mol. The van der Waals surface area contributed by atoms with Gasteiger partial charge in [-0.05, 0) is 56.5 Å². The minimum atomic E-state index is -4.43. The van der Waals surface area contributed by atoms with Crippen LogP contribution in [0.15, 0.2) is 65.6 Å². The van der Waals surface area contributed by atoms with Crippen LogP contribution in [-0.4, -0.2) is 72.2 Å². The molecule has 0 aromatic heterocycles. The number of amides is 2. The van der Waals surface area contributed by atoms with Gasteiger partial charge in [0.25, 0.3) is 10.0 Å². The van der Waals surface area contributed by atoms with E-state index in [9.17, 15) is 18.0 Å². The Morgan fingerprint density at radius 3 is 2.09 bits per heavy atom. The molecule has 1 N–H and O–H groups in total. The molecule has 1 aliphatic rings. The van der Waals surface area contributed by atoms with Crippen molar-refractivity contribution in [2.45, 2.75) is 63.1 Å². The third kappa shape index (κ3) is 7.85. The normalized spacial score (nSPS) is 13.9. The third-order valence-corrected chi connectivity index (χ3v) is 9.97. The van der Waals surface area contributed by atoms with E-state index in [0.29, 0.717) is 11.5 Å². The Bertz CT molecular complexity index is 1620. The van der Waals surface area contributed by atoms with Gasteiger partial charge in [-0.3, -0.25) is 13.9 Å². The highest BCUT2D eigenvalue weighted by Gasteiger charge is 2.35. The average Bonchev–Trinajstić information content (AvgIpc) is 3.58. The molecule has 11 nitrogen and oxygen atoms in total. The molecule has 0 saturated heterocycles. The number of carbonyl (C=O) groups is 2. The van der Waals surface area contributed by atoms with Gasteiger partial charge < -0.3 is 29.2 Å². The largest absolute Gasteiger partial charge is 0.497 e. The van der Waals surface area contributed by atoms with E-state index in [1.165, 1.54) is 57.6 Å². The minimum absolute atomic E-state index is 0.0502. The molecule has 248 valence electrons. The molecule has 1 atom stereocenters. The number of carbonyl (C=O) groups excluding carboxylic acids is 2. The van der Waals surface area contributed by atoms with E-state index in [1.807, 2.05) is 31.2 Å². The molecule has 12 heteroatoms. The number of sulfonamides is 1. The fourth-order valence-electron chi connectivity index (χ4n) is 5.47. The Balaban J connectivity index is 1.79. The third-order valence-electron chi connectivity index (χ3n) is 8.22. The SMILES string of the molecule is COc1ccc(OC)c(N(CC(=O)N(Cc2ccc(C)cc2)[C@H](C)C(=O)NC2CCCC2)S(=O)(=O)c2ccc(OC)c(OC)c2)c1. The molecule has 1 aliphatic carbocycles. The topological polar surface area (TPSA) is 124 Å². The monoisotopic (exact) mass is 653 g/mol. The quantitative estimate of drug-likeness (QED) is 0.266. The molecule has 2 amide bonds. The van der Waals surface area contributed by atoms with Gasteiger partial charge >= 0.3 is 0 Å². The first-order valence-electron chi connectivity index (χ1n) is 15.1. The van der Waals surface area contributed by atoms with Crippen LogP contribution in [0.5, 0.6) is 23.0 Å². The lowest BCUT2D eigenvalue weighted by atomic mass is 10.1. The van der Waals surface area contributed by atoms with Crippen molar-refractivity contribution in [1.29, 1.82) is 0 Å². The number of nitrogens with zero attached hydrogens (tertiary/aromatic N) is 2. The molecule has 4 rings (SSSR count). The van der Waals surface area contributed by atoms with Crippen LogP contribution in [0.25, 0.3) is 0 Å². The fraction of sp³-hybridized carbons (Fsp3) is 0.412. The summed E-state index contributed by atoms with van der Waals surface area (Å²) >= 11 is 0. The molecule has 0 bridgehead atoms. The summed E-state index contributed by atoms with van der Waals surface area (Å²) < 4.78 is 51.5. The van der Waals surface area contributed by atoms with Crippen molar-refractivity contribution in [1.82, 2.24) is 10.2 Å². The number of ether oxygens (including phenoxy) is 4. The predicted molar refractivity (Wildman–Crippen MR) is 175 cm³/mol. The van der Waals surface area contributed by atoms with Crippen LogP contribution in [0.3, 0.4) is 0 Å². The van der Waals surface area contributed by atoms with Crippen molar-refractivity contribution in [3.05, 3.63) is 71.8 Å². The number of methoxy groups -OCH3 is 4. The molecule has 46 heavy (non-hydrogen) atoms. The van der Waals surface area contributed by atoms with Crippen LogP contribution < -0.4 is 28.6 Å². The Morgan fingerprint density at radius 2 is 1.48 bits per heavy atom. The highest BCUT2D eigenvalue weighted by Crippen LogP contribution is 2.38. The number of nitrogens with one attached hydrogen (secondary N) is 1. The molecule has 0 heterocycles. The van der Waals surface area contributed by atoms with E-state index >= 15 is 0 Å². The molecule has 1 fully saturated rings. The van der Waals surface area contributed by atoms with E-state index in [-0.39, 0.29) is 40.6 Å². The van der Waals surface area contributed by atoms with Gasteiger partial charge in [0.1, 0.15) is 24.1 Å².